The molecular formula is C17H12F3N3O5S. The molecule has 0 atom stereocenters. The largest absolute Gasteiger partial charge is 0.470 e. The van der Waals surface area contributed by atoms with Crippen LogP contribution in [0.15, 0.2) is 56.7 Å². The van der Waals surface area contributed by atoms with Crippen molar-refractivity contribution in [2.75, 3.05) is 6.26 Å². The second-order valence-electron chi connectivity index (χ2n) is 6.01. The van der Waals surface area contributed by atoms with E-state index in [0.29, 0.717) is 0 Å². The fourth-order valence-electron chi connectivity index (χ4n) is 2.36. The van der Waals surface area contributed by atoms with Crippen LogP contribution in [0.5, 0.6) is 0 Å². The Balaban J connectivity index is 1.79. The molecule has 0 aliphatic rings. The quantitative estimate of drug-likeness (QED) is 0.574. The van der Waals surface area contributed by atoms with Crippen LogP contribution in [0.2, 0.25) is 0 Å². The van der Waals surface area contributed by atoms with Crippen LogP contribution in [0, 0.1) is 0 Å². The third kappa shape index (κ3) is 4.59. The third-order valence-electron chi connectivity index (χ3n) is 3.83. The number of halogens is 3. The first-order chi connectivity index (χ1) is 13.4. The van der Waals surface area contributed by atoms with E-state index in [-0.39, 0.29) is 22.6 Å². The molecule has 1 aromatic carbocycles. The Morgan fingerprint density at radius 1 is 1.14 bits per heavy atom. The minimum atomic E-state index is -4.81. The van der Waals surface area contributed by atoms with Crippen molar-refractivity contribution in [1.29, 1.82) is 0 Å². The van der Waals surface area contributed by atoms with Crippen molar-refractivity contribution in [3.05, 3.63) is 64.4 Å². The summed E-state index contributed by atoms with van der Waals surface area (Å²) in [6.45, 7) is -0.352. The zero-order valence-electron chi connectivity index (χ0n) is 14.7. The molecule has 0 radical (unpaired) electrons. The predicted octanol–water partition coefficient (Wildman–Crippen LogP) is 2.20. The molecule has 0 aliphatic heterocycles. The number of ketones is 1. The molecule has 0 spiro atoms. The van der Waals surface area contributed by atoms with E-state index in [1.54, 1.807) is 0 Å². The highest BCUT2D eigenvalue weighted by Crippen LogP contribution is 2.29. The Kier molecular flexibility index (Phi) is 5.13. The van der Waals surface area contributed by atoms with Gasteiger partial charge in [0.25, 0.3) is 5.56 Å². The first-order valence-electron chi connectivity index (χ1n) is 7.90. The summed E-state index contributed by atoms with van der Waals surface area (Å²) in [7, 11) is -3.41. The lowest BCUT2D eigenvalue weighted by Gasteiger charge is -2.06. The Hall–Kier alpha value is -3.28. The van der Waals surface area contributed by atoms with Gasteiger partial charge in [0.2, 0.25) is 5.89 Å². The monoisotopic (exact) mass is 427 g/mol. The highest BCUT2D eigenvalue weighted by Gasteiger charge is 2.38. The lowest BCUT2D eigenvalue weighted by Crippen LogP contribution is -2.23. The van der Waals surface area contributed by atoms with Gasteiger partial charge in [0.15, 0.2) is 15.6 Å². The molecular weight excluding hydrogens is 415 g/mol. The van der Waals surface area contributed by atoms with E-state index in [1.807, 2.05) is 0 Å². The van der Waals surface area contributed by atoms with Crippen LogP contribution in [-0.2, 0) is 22.6 Å². The predicted molar refractivity (Wildman–Crippen MR) is 92.9 cm³/mol. The molecule has 0 N–H and O–H groups in total. The summed E-state index contributed by atoms with van der Waals surface area (Å²) in [4.78, 5) is 24.6. The number of nitrogens with zero attached hydrogens (tertiary/aromatic N) is 3. The second kappa shape index (κ2) is 7.28. The minimum absolute atomic E-state index is 0.0285. The summed E-state index contributed by atoms with van der Waals surface area (Å²) >= 11 is 0. The number of hydrogen-bond donors (Lipinski definition) is 0. The van der Waals surface area contributed by atoms with E-state index in [2.05, 4.69) is 14.6 Å². The maximum absolute atomic E-state index is 12.5. The van der Waals surface area contributed by atoms with Gasteiger partial charge in [-0.3, -0.25) is 9.59 Å². The molecule has 0 aliphatic carbocycles. The number of benzene rings is 1. The van der Waals surface area contributed by atoms with Crippen LogP contribution in [0.1, 0.15) is 16.2 Å². The molecule has 0 amide bonds. The number of carbonyl (C=O) groups excluding carboxylic acids is 1. The summed E-state index contributed by atoms with van der Waals surface area (Å²) in [5.74, 6) is -2.48. The topological polar surface area (TPSA) is 112 Å². The van der Waals surface area contributed by atoms with E-state index in [1.165, 1.54) is 36.5 Å². The fraction of sp³-hybridized carbons (Fsp3) is 0.176. The normalized spacial score (nSPS) is 12.1. The standard InChI is InChI=1S/C17H12F3N3O5S/c1-29(26,27)12-4-2-10(3-5-12)13(24)9-23-7-6-11(8-14(23)25)15-21-22-16(28-15)17(18,19)20/h2-8H,9H2,1H3. The maximum atomic E-state index is 12.5. The van der Waals surface area contributed by atoms with Gasteiger partial charge in [-0.05, 0) is 18.2 Å². The third-order valence-corrected chi connectivity index (χ3v) is 4.96. The molecule has 8 nitrogen and oxygen atoms in total. The van der Waals surface area contributed by atoms with E-state index in [0.717, 1.165) is 16.9 Å². The molecule has 3 rings (SSSR count). The first kappa shape index (κ1) is 20.5. The zero-order valence-corrected chi connectivity index (χ0v) is 15.5. The molecule has 2 heterocycles. The molecule has 0 saturated carbocycles. The highest BCUT2D eigenvalue weighted by molar-refractivity contribution is 7.90. The Labute approximate surface area is 161 Å². The second-order valence-corrected chi connectivity index (χ2v) is 8.03. The van der Waals surface area contributed by atoms with Crippen LogP contribution in [0.4, 0.5) is 13.2 Å². The number of rotatable bonds is 5. The molecule has 2 aromatic heterocycles. The lowest BCUT2D eigenvalue weighted by molar-refractivity contribution is -0.156. The Bertz CT molecular complexity index is 1230. The first-order valence-corrected chi connectivity index (χ1v) is 9.79. The number of alkyl halides is 3. The fourth-order valence-corrected chi connectivity index (χ4v) is 2.99. The molecule has 0 bridgehead atoms. The van der Waals surface area contributed by atoms with E-state index < -0.39 is 39.1 Å². The minimum Gasteiger partial charge on any atom is -0.413 e. The van der Waals surface area contributed by atoms with Gasteiger partial charge in [0.1, 0.15) is 0 Å². The molecule has 29 heavy (non-hydrogen) atoms. The average molecular weight is 427 g/mol. The summed E-state index contributed by atoms with van der Waals surface area (Å²) in [5.41, 5.74) is -0.505. The average Bonchev–Trinajstić information content (AvgIpc) is 3.13. The molecule has 3 aromatic rings. The van der Waals surface area contributed by atoms with Crippen LogP contribution >= 0.6 is 0 Å². The van der Waals surface area contributed by atoms with E-state index >= 15 is 0 Å². The highest BCUT2D eigenvalue weighted by atomic mass is 32.2. The van der Waals surface area contributed by atoms with Crippen molar-refractivity contribution in [3.8, 4) is 11.5 Å². The van der Waals surface area contributed by atoms with Gasteiger partial charge in [-0.25, -0.2) is 8.42 Å². The van der Waals surface area contributed by atoms with Gasteiger partial charge in [-0.2, -0.15) is 13.2 Å². The van der Waals surface area contributed by atoms with Crippen molar-refractivity contribution in [1.82, 2.24) is 14.8 Å². The van der Waals surface area contributed by atoms with Crippen LogP contribution in [-0.4, -0.2) is 35.2 Å². The van der Waals surface area contributed by atoms with Crippen molar-refractivity contribution >= 4 is 15.6 Å². The van der Waals surface area contributed by atoms with E-state index in [9.17, 15) is 31.2 Å². The smallest absolute Gasteiger partial charge is 0.413 e. The van der Waals surface area contributed by atoms with Gasteiger partial charge in [0.05, 0.1) is 11.4 Å². The summed E-state index contributed by atoms with van der Waals surface area (Å²) < 4.78 is 66.0. The van der Waals surface area contributed by atoms with Gasteiger partial charge in [-0.1, -0.05) is 12.1 Å². The van der Waals surface area contributed by atoms with Crippen LogP contribution in [0.3, 0.4) is 0 Å². The van der Waals surface area contributed by atoms with Crippen molar-refractivity contribution in [3.63, 3.8) is 0 Å². The molecule has 152 valence electrons. The summed E-state index contributed by atoms with van der Waals surface area (Å²) in [6, 6.07) is 7.44. The number of carbonyl (C=O) groups is 1. The molecule has 12 heteroatoms. The Morgan fingerprint density at radius 2 is 1.79 bits per heavy atom. The SMILES string of the molecule is CS(=O)(=O)c1ccc(C(=O)Cn2ccc(-c3nnc(C(F)(F)F)o3)cc2=O)cc1. The van der Waals surface area contributed by atoms with Gasteiger partial charge >= 0.3 is 12.1 Å². The number of sulfone groups is 1. The van der Waals surface area contributed by atoms with E-state index in [4.69, 9.17) is 0 Å². The maximum Gasteiger partial charge on any atom is 0.470 e. The Morgan fingerprint density at radius 3 is 2.31 bits per heavy atom. The zero-order chi connectivity index (χ0) is 21.4. The molecule has 0 saturated heterocycles. The van der Waals surface area contributed by atoms with Gasteiger partial charge in [0, 0.05) is 29.6 Å². The van der Waals surface area contributed by atoms with Crippen molar-refractivity contribution in [2.45, 2.75) is 17.6 Å². The van der Waals surface area contributed by atoms with Crippen LogP contribution in [0.25, 0.3) is 11.5 Å². The van der Waals surface area contributed by atoms with Gasteiger partial charge in [-0.15, -0.1) is 10.2 Å². The molecule has 0 fully saturated rings. The molecule has 0 unspecified atom stereocenters. The number of Topliss-reactive ketones (excluding diaryl/α,β-unsaturated/α-hetero) is 1. The lowest BCUT2D eigenvalue weighted by atomic mass is 10.1. The van der Waals surface area contributed by atoms with Crippen LogP contribution < -0.4 is 5.56 Å². The summed E-state index contributed by atoms with van der Waals surface area (Å²) in [6.07, 6.45) is -2.57. The number of aromatic nitrogens is 3. The summed E-state index contributed by atoms with van der Waals surface area (Å²) in [5, 5.41) is 6.14. The van der Waals surface area contributed by atoms with Crippen molar-refractivity contribution < 1.29 is 30.8 Å². The van der Waals surface area contributed by atoms with Crippen molar-refractivity contribution in [2.24, 2.45) is 0 Å². The number of hydrogen-bond acceptors (Lipinski definition) is 7. The number of pyridine rings is 1. The van der Waals surface area contributed by atoms with Gasteiger partial charge < -0.3 is 8.98 Å².